The molecule has 0 aliphatic carbocycles. The molecule has 130 valence electrons. The minimum Gasteiger partial charge on any atom is -0.368 e. The molecule has 1 aliphatic heterocycles. The van der Waals surface area contributed by atoms with E-state index in [1.54, 1.807) is 29.2 Å². The number of carbonyl (C=O) groups is 1. The first-order valence-corrected chi connectivity index (χ1v) is 8.04. The molecule has 6 nitrogen and oxygen atoms in total. The standard InChI is InChI=1S/C18H18FN3O3/c19-15-3-7-16(8-4-15)20-9-11-21(12-10-20)18(23)13-14-1-5-17(6-2-14)22(24)25/h1-8H,9-13H2. The van der Waals surface area contributed by atoms with Crippen molar-refractivity contribution in [3.63, 3.8) is 0 Å². The van der Waals surface area contributed by atoms with E-state index < -0.39 is 4.92 Å². The lowest BCUT2D eigenvalue weighted by atomic mass is 10.1. The summed E-state index contributed by atoms with van der Waals surface area (Å²) in [5, 5.41) is 10.7. The van der Waals surface area contributed by atoms with Gasteiger partial charge in [-0.1, -0.05) is 12.1 Å². The second-order valence-corrected chi connectivity index (χ2v) is 5.94. The zero-order valence-electron chi connectivity index (χ0n) is 13.6. The minimum absolute atomic E-state index is 0.00705. The van der Waals surface area contributed by atoms with E-state index in [4.69, 9.17) is 0 Å². The van der Waals surface area contributed by atoms with Crippen LogP contribution in [0.4, 0.5) is 15.8 Å². The summed E-state index contributed by atoms with van der Waals surface area (Å²) < 4.78 is 13.0. The zero-order valence-corrected chi connectivity index (χ0v) is 13.6. The third-order valence-corrected chi connectivity index (χ3v) is 4.33. The Balaban J connectivity index is 1.54. The molecule has 0 spiro atoms. The maximum absolute atomic E-state index is 13.0. The van der Waals surface area contributed by atoms with E-state index in [-0.39, 0.29) is 23.8 Å². The van der Waals surface area contributed by atoms with Gasteiger partial charge >= 0.3 is 0 Å². The molecule has 1 aliphatic rings. The van der Waals surface area contributed by atoms with Crippen LogP contribution in [0.25, 0.3) is 0 Å². The molecule has 0 bridgehead atoms. The summed E-state index contributed by atoms with van der Waals surface area (Å²) in [6.07, 6.45) is 0.231. The van der Waals surface area contributed by atoms with Gasteiger partial charge in [0, 0.05) is 44.0 Å². The predicted octanol–water partition coefficient (Wildman–Crippen LogP) is 2.63. The fourth-order valence-corrected chi connectivity index (χ4v) is 2.89. The van der Waals surface area contributed by atoms with Gasteiger partial charge in [0.15, 0.2) is 0 Å². The summed E-state index contributed by atoms with van der Waals surface area (Å²) in [5.74, 6) is -0.256. The molecule has 7 heteroatoms. The van der Waals surface area contributed by atoms with E-state index in [9.17, 15) is 19.3 Å². The van der Waals surface area contributed by atoms with Crippen LogP contribution in [0.3, 0.4) is 0 Å². The summed E-state index contributed by atoms with van der Waals surface area (Å²) in [5.41, 5.74) is 1.73. The lowest BCUT2D eigenvalue weighted by Gasteiger charge is -2.36. The first-order chi connectivity index (χ1) is 12.0. The molecule has 2 aromatic carbocycles. The van der Waals surface area contributed by atoms with Crippen LogP contribution in [0.5, 0.6) is 0 Å². The molecule has 1 heterocycles. The third kappa shape index (κ3) is 4.12. The molecule has 2 aromatic rings. The van der Waals surface area contributed by atoms with E-state index in [1.165, 1.54) is 24.3 Å². The molecule has 1 fully saturated rings. The van der Waals surface area contributed by atoms with Crippen LogP contribution in [-0.4, -0.2) is 41.9 Å². The van der Waals surface area contributed by atoms with Gasteiger partial charge in [-0.15, -0.1) is 0 Å². The lowest BCUT2D eigenvalue weighted by Crippen LogP contribution is -2.49. The van der Waals surface area contributed by atoms with E-state index in [0.29, 0.717) is 26.2 Å². The van der Waals surface area contributed by atoms with Crippen molar-refractivity contribution in [2.45, 2.75) is 6.42 Å². The molecule has 0 aromatic heterocycles. The number of halogens is 1. The SMILES string of the molecule is O=C(Cc1ccc([N+](=O)[O-])cc1)N1CCN(c2ccc(F)cc2)CC1. The van der Waals surface area contributed by atoms with Crippen molar-refractivity contribution in [1.82, 2.24) is 4.90 Å². The molecule has 0 saturated carbocycles. The van der Waals surface area contributed by atoms with Crippen molar-refractivity contribution in [2.24, 2.45) is 0 Å². The smallest absolute Gasteiger partial charge is 0.269 e. The quantitative estimate of drug-likeness (QED) is 0.632. The van der Waals surface area contributed by atoms with E-state index in [2.05, 4.69) is 4.90 Å². The average molecular weight is 343 g/mol. The molecule has 0 radical (unpaired) electrons. The zero-order chi connectivity index (χ0) is 17.8. The Morgan fingerprint density at radius 3 is 2.16 bits per heavy atom. The number of rotatable bonds is 4. The molecular formula is C18H18FN3O3. The number of amides is 1. The Hall–Kier alpha value is -2.96. The highest BCUT2D eigenvalue weighted by Gasteiger charge is 2.21. The molecule has 0 N–H and O–H groups in total. The highest BCUT2D eigenvalue weighted by molar-refractivity contribution is 5.79. The van der Waals surface area contributed by atoms with Crippen molar-refractivity contribution < 1.29 is 14.1 Å². The van der Waals surface area contributed by atoms with Gasteiger partial charge in [-0.3, -0.25) is 14.9 Å². The number of nitrogens with zero attached hydrogens (tertiary/aromatic N) is 3. The highest BCUT2D eigenvalue weighted by atomic mass is 19.1. The van der Waals surface area contributed by atoms with Gasteiger partial charge in [0.1, 0.15) is 5.82 Å². The van der Waals surface area contributed by atoms with Crippen LogP contribution in [0, 0.1) is 15.9 Å². The molecule has 3 rings (SSSR count). The predicted molar refractivity (Wildman–Crippen MR) is 92.0 cm³/mol. The number of hydrogen-bond acceptors (Lipinski definition) is 4. The monoisotopic (exact) mass is 343 g/mol. The minimum atomic E-state index is -0.458. The maximum atomic E-state index is 13.0. The number of non-ortho nitro benzene ring substituents is 1. The normalized spacial score (nSPS) is 14.4. The van der Waals surface area contributed by atoms with Crippen LogP contribution in [-0.2, 0) is 11.2 Å². The topological polar surface area (TPSA) is 66.7 Å². The summed E-state index contributed by atoms with van der Waals surface area (Å²) in [6.45, 7) is 2.58. The van der Waals surface area contributed by atoms with Gasteiger partial charge < -0.3 is 9.80 Å². The van der Waals surface area contributed by atoms with Crippen molar-refractivity contribution >= 4 is 17.3 Å². The number of piperazine rings is 1. The van der Waals surface area contributed by atoms with Crippen molar-refractivity contribution in [1.29, 1.82) is 0 Å². The van der Waals surface area contributed by atoms with Crippen molar-refractivity contribution in [3.05, 3.63) is 70.0 Å². The Bertz CT molecular complexity index is 754. The first kappa shape index (κ1) is 16.9. The van der Waals surface area contributed by atoms with Crippen LogP contribution < -0.4 is 4.90 Å². The summed E-state index contributed by atoms with van der Waals surface area (Å²) in [4.78, 5) is 26.5. The largest absolute Gasteiger partial charge is 0.368 e. The Morgan fingerprint density at radius 2 is 1.60 bits per heavy atom. The number of carbonyl (C=O) groups excluding carboxylic acids is 1. The average Bonchev–Trinajstić information content (AvgIpc) is 2.63. The van der Waals surface area contributed by atoms with Crippen LogP contribution >= 0.6 is 0 Å². The van der Waals surface area contributed by atoms with E-state index in [1.807, 2.05) is 0 Å². The van der Waals surface area contributed by atoms with E-state index >= 15 is 0 Å². The fourth-order valence-electron chi connectivity index (χ4n) is 2.89. The molecule has 25 heavy (non-hydrogen) atoms. The summed E-state index contributed by atoms with van der Waals surface area (Å²) >= 11 is 0. The van der Waals surface area contributed by atoms with Gasteiger partial charge in [0.25, 0.3) is 5.69 Å². The van der Waals surface area contributed by atoms with Crippen molar-refractivity contribution in [3.8, 4) is 0 Å². The summed E-state index contributed by atoms with van der Waals surface area (Å²) in [7, 11) is 0. The molecular weight excluding hydrogens is 325 g/mol. The van der Waals surface area contributed by atoms with E-state index in [0.717, 1.165) is 11.3 Å². The van der Waals surface area contributed by atoms with Gasteiger partial charge in [0.2, 0.25) is 5.91 Å². The fraction of sp³-hybridized carbons (Fsp3) is 0.278. The Labute approximate surface area is 144 Å². The van der Waals surface area contributed by atoms with Crippen molar-refractivity contribution in [2.75, 3.05) is 31.1 Å². The molecule has 1 saturated heterocycles. The second-order valence-electron chi connectivity index (χ2n) is 5.94. The molecule has 0 atom stereocenters. The number of anilines is 1. The Kier molecular flexibility index (Phi) is 4.92. The number of hydrogen-bond donors (Lipinski definition) is 0. The first-order valence-electron chi connectivity index (χ1n) is 8.04. The van der Waals surface area contributed by atoms with Crippen LogP contribution in [0.1, 0.15) is 5.56 Å². The maximum Gasteiger partial charge on any atom is 0.269 e. The molecule has 0 unspecified atom stereocenters. The van der Waals surface area contributed by atoms with Gasteiger partial charge in [-0.25, -0.2) is 4.39 Å². The van der Waals surface area contributed by atoms with Crippen LogP contribution in [0.2, 0.25) is 0 Å². The summed E-state index contributed by atoms with van der Waals surface area (Å²) in [6, 6.07) is 12.4. The number of nitro groups is 1. The van der Waals surface area contributed by atoms with Crippen LogP contribution in [0.15, 0.2) is 48.5 Å². The number of benzene rings is 2. The van der Waals surface area contributed by atoms with Gasteiger partial charge in [-0.2, -0.15) is 0 Å². The van der Waals surface area contributed by atoms with Gasteiger partial charge in [0.05, 0.1) is 11.3 Å². The highest BCUT2D eigenvalue weighted by Crippen LogP contribution is 2.18. The molecule has 1 amide bonds. The Morgan fingerprint density at radius 1 is 1.00 bits per heavy atom. The lowest BCUT2D eigenvalue weighted by molar-refractivity contribution is -0.384. The van der Waals surface area contributed by atoms with Gasteiger partial charge in [-0.05, 0) is 29.8 Å². The third-order valence-electron chi connectivity index (χ3n) is 4.33. The second kappa shape index (κ2) is 7.29. The number of nitro benzene ring substituents is 1.